The maximum absolute atomic E-state index is 11.8. The molecule has 3 nitrogen and oxygen atoms in total. The number of thioether (sulfide) groups is 1. The van der Waals surface area contributed by atoms with Crippen molar-refractivity contribution in [3.05, 3.63) is 18.2 Å². The Balaban J connectivity index is 2.51. The van der Waals surface area contributed by atoms with E-state index in [1.165, 1.54) is 0 Å². The summed E-state index contributed by atoms with van der Waals surface area (Å²) >= 11 is 5.74. The molecule has 80 valence electrons. The highest BCUT2D eigenvalue weighted by Gasteiger charge is 2.29. The summed E-state index contributed by atoms with van der Waals surface area (Å²) in [6, 6.07) is 5.63. The summed E-state index contributed by atoms with van der Waals surface area (Å²) in [7, 11) is 0. The van der Waals surface area contributed by atoms with Crippen LogP contribution in [-0.4, -0.2) is 17.0 Å². The Kier molecular flexibility index (Phi) is 2.84. The number of nitrogens with two attached hydrogens (primary N) is 1. The van der Waals surface area contributed by atoms with E-state index in [1.54, 1.807) is 16.7 Å². The fourth-order valence-corrected chi connectivity index (χ4v) is 2.91. The first-order chi connectivity index (χ1) is 7.13. The quantitative estimate of drug-likeness (QED) is 0.583. The fraction of sp³-hybridized carbons (Fsp3) is 0.300. The number of thiol groups is 1. The van der Waals surface area contributed by atoms with Crippen LogP contribution in [0.2, 0.25) is 0 Å². The van der Waals surface area contributed by atoms with E-state index in [-0.39, 0.29) is 11.2 Å². The molecule has 0 aliphatic carbocycles. The standard InChI is InChI=1S/C10H12N2OS2/c1-6-10(13)12(5-14)8-4-7(11)2-3-9(8)15-6/h2-4,6,14H,5,11H2,1H3. The van der Waals surface area contributed by atoms with Gasteiger partial charge in [0, 0.05) is 10.6 Å². The molecule has 1 aromatic carbocycles. The van der Waals surface area contributed by atoms with Crippen LogP contribution in [0.25, 0.3) is 0 Å². The minimum atomic E-state index is -0.0479. The number of anilines is 2. The number of carbonyl (C=O) groups excluding carboxylic acids is 1. The third-order valence-electron chi connectivity index (χ3n) is 2.33. The number of hydrogen-bond acceptors (Lipinski definition) is 4. The van der Waals surface area contributed by atoms with Crippen LogP contribution in [0.4, 0.5) is 11.4 Å². The van der Waals surface area contributed by atoms with Gasteiger partial charge in [-0.3, -0.25) is 4.79 Å². The monoisotopic (exact) mass is 240 g/mol. The van der Waals surface area contributed by atoms with Gasteiger partial charge in [0.1, 0.15) is 0 Å². The zero-order chi connectivity index (χ0) is 11.0. The third-order valence-corrected chi connectivity index (χ3v) is 3.77. The van der Waals surface area contributed by atoms with Crippen molar-refractivity contribution in [2.45, 2.75) is 17.1 Å². The minimum Gasteiger partial charge on any atom is -0.399 e. The van der Waals surface area contributed by atoms with Gasteiger partial charge in [-0.15, -0.1) is 11.8 Å². The summed E-state index contributed by atoms with van der Waals surface area (Å²) < 4.78 is 0. The minimum absolute atomic E-state index is 0.0479. The molecule has 1 heterocycles. The molecule has 5 heteroatoms. The first-order valence-electron chi connectivity index (χ1n) is 4.62. The van der Waals surface area contributed by atoms with Gasteiger partial charge in [-0.05, 0) is 25.1 Å². The molecule has 1 aromatic rings. The van der Waals surface area contributed by atoms with Crippen LogP contribution in [0.1, 0.15) is 6.92 Å². The molecule has 0 bridgehead atoms. The second-order valence-corrected chi connectivity index (χ2v) is 5.06. The average Bonchev–Trinajstić information content (AvgIpc) is 2.21. The Labute approximate surface area is 98.4 Å². The van der Waals surface area contributed by atoms with Gasteiger partial charge in [-0.2, -0.15) is 12.6 Å². The molecule has 1 aliphatic rings. The molecule has 2 rings (SSSR count). The molecular formula is C10H12N2OS2. The Hall–Kier alpha value is -0.810. The van der Waals surface area contributed by atoms with Gasteiger partial charge in [0.05, 0.1) is 16.8 Å². The van der Waals surface area contributed by atoms with E-state index in [9.17, 15) is 4.79 Å². The molecule has 2 N–H and O–H groups in total. The molecule has 1 aliphatic heterocycles. The predicted molar refractivity (Wildman–Crippen MR) is 67.5 cm³/mol. The van der Waals surface area contributed by atoms with E-state index in [0.717, 1.165) is 10.6 Å². The van der Waals surface area contributed by atoms with Crippen LogP contribution in [0.3, 0.4) is 0 Å². The average molecular weight is 240 g/mol. The lowest BCUT2D eigenvalue weighted by atomic mass is 10.2. The molecule has 0 aromatic heterocycles. The highest BCUT2D eigenvalue weighted by Crippen LogP contribution is 2.40. The van der Waals surface area contributed by atoms with Crippen LogP contribution in [-0.2, 0) is 4.79 Å². The molecule has 15 heavy (non-hydrogen) atoms. The number of amides is 1. The van der Waals surface area contributed by atoms with E-state index in [4.69, 9.17) is 5.73 Å². The van der Waals surface area contributed by atoms with Crippen molar-refractivity contribution < 1.29 is 4.79 Å². The highest BCUT2D eigenvalue weighted by atomic mass is 32.2. The van der Waals surface area contributed by atoms with Gasteiger partial charge in [0.25, 0.3) is 0 Å². The predicted octanol–water partition coefficient (Wildman–Crippen LogP) is 1.98. The first kappa shape index (κ1) is 10.7. The van der Waals surface area contributed by atoms with E-state index in [0.29, 0.717) is 11.6 Å². The SMILES string of the molecule is CC1Sc2ccc(N)cc2N(CS)C1=O. The number of fused-ring (bicyclic) bond motifs is 1. The Bertz CT molecular complexity index is 408. The first-order valence-corrected chi connectivity index (χ1v) is 6.13. The van der Waals surface area contributed by atoms with Gasteiger partial charge >= 0.3 is 0 Å². The second-order valence-electron chi connectivity index (χ2n) is 3.39. The van der Waals surface area contributed by atoms with E-state index >= 15 is 0 Å². The highest BCUT2D eigenvalue weighted by molar-refractivity contribution is 8.01. The van der Waals surface area contributed by atoms with Gasteiger partial charge < -0.3 is 10.6 Å². The summed E-state index contributed by atoms with van der Waals surface area (Å²) in [5, 5.41) is -0.0479. The molecule has 0 radical (unpaired) electrons. The van der Waals surface area contributed by atoms with Gasteiger partial charge in [0.2, 0.25) is 5.91 Å². The van der Waals surface area contributed by atoms with Crippen molar-refractivity contribution in [3.8, 4) is 0 Å². The number of nitrogens with zero attached hydrogens (tertiary/aromatic N) is 1. The van der Waals surface area contributed by atoms with Crippen LogP contribution in [0, 0.1) is 0 Å². The third kappa shape index (κ3) is 1.81. The smallest absolute Gasteiger partial charge is 0.240 e. The van der Waals surface area contributed by atoms with Crippen molar-refractivity contribution in [2.24, 2.45) is 0 Å². The zero-order valence-electron chi connectivity index (χ0n) is 8.30. The Morgan fingerprint density at radius 3 is 3.00 bits per heavy atom. The molecule has 0 spiro atoms. The van der Waals surface area contributed by atoms with Crippen molar-refractivity contribution in [1.82, 2.24) is 0 Å². The van der Waals surface area contributed by atoms with Crippen molar-refractivity contribution in [1.29, 1.82) is 0 Å². The van der Waals surface area contributed by atoms with Crippen molar-refractivity contribution in [3.63, 3.8) is 0 Å². The maximum Gasteiger partial charge on any atom is 0.240 e. The topological polar surface area (TPSA) is 46.3 Å². The van der Waals surface area contributed by atoms with Crippen LogP contribution < -0.4 is 10.6 Å². The fourth-order valence-electron chi connectivity index (χ4n) is 1.57. The molecule has 1 unspecified atom stereocenters. The van der Waals surface area contributed by atoms with E-state index in [2.05, 4.69) is 12.6 Å². The number of nitrogen functional groups attached to an aromatic ring is 1. The number of benzene rings is 1. The summed E-state index contributed by atoms with van der Waals surface area (Å²) in [5.74, 6) is 0.480. The molecule has 0 fully saturated rings. The summed E-state index contributed by atoms with van der Waals surface area (Å²) in [4.78, 5) is 14.6. The summed E-state index contributed by atoms with van der Waals surface area (Å²) in [5.41, 5.74) is 7.25. The number of carbonyl (C=O) groups is 1. The van der Waals surface area contributed by atoms with Crippen LogP contribution in [0.15, 0.2) is 23.1 Å². The van der Waals surface area contributed by atoms with Gasteiger partial charge in [-0.1, -0.05) is 0 Å². The van der Waals surface area contributed by atoms with Crippen molar-refractivity contribution in [2.75, 3.05) is 16.5 Å². The molecule has 1 amide bonds. The van der Waals surface area contributed by atoms with Gasteiger partial charge in [0.15, 0.2) is 0 Å². The zero-order valence-corrected chi connectivity index (χ0v) is 10.0. The van der Waals surface area contributed by atoms with Crippen LogP contribution in [0.5, 0.6) is 0 Å². The van der Waals surface area contributed by atoms with Crippen LogP contribution >= 0.6 is 24.4 Å². The van der Waals surface area contributed by atoms with E-state index in [1.807, 2.05) is 25.1 Å². The van der Waals surface area contributed by atoms with Crippen molar-refractivity contribution >= 4 is 41.7 Å². The maximum atomic E-state index is 11.8. The lowest BCUT2D eigenvalue weighted by Crippen LogP contribution is -2.38. The second kappa shape index (κ2) is 3.98. The Morgan fingerprint density at radius 2 is 2.33 bits per heavy atom. The summed E-state index contributed by atoms with van der Waals surface area (Å²) in [6.45, 7) is 1.91. The molecular weight excluding hydrogens is 228 g/mol. The molecule has 1 atom stereocenters. The normalized spacial score (nSPS) is 20.3. The largest absolute Gasteiger partial charge is 0.399 e. The molecule has 0 saturated heterocycles. The van der Waals surface area contributed by atoms with E-state index < -0.39 is 0 Å². The lowest BCUT2D eigenvalue weighted by molar-refractivity contribution is -0.117. The number of rotatable bonds is 1. The molecule has 0 saturated carbocycles. The number of hydrogen-bond donors (Lipinski definition) is 2. The van der Waals surface area contributed by atoms with Gasteiger partial charge in [-0.25, -0.2) is 0 Å². The lowest BCUT2D eigenvalue weighted by Gasteiger charge is -2.31. The Morgan fingerprint density at radius 1 is 1.60 bits per heavy atom. The summed E-state index contributed by atoms with van der Waals surface area (Å²) in [6.07, 6.45) is 0.